The first-order valence-corrected chi connectivity index (χ1v) is 12.5. The molecule has 1 saturated heterocycles. The Labute approximate surface area is 225 Å². The van der Waals surface area contributed by atoms with Crippen molar-refractivity contribution in [3.05, 3.63) is 84.6 Å². The summed E-state index contributed by atoms with van der Waals surface area (Å²) in [4.78, 5) is 22.4. The lowest BCUT2D eigenvalue weighted by Crippen LogP contribution is -2.40. The lowest BCUT2D eigenvalue weighted by atomic mass is 10.1. The van der Waals surface area contributed by atoms with Crippen molar-refractivity contribution in [3.63, 3.8) is 0 Å². The molecule has 0 bridgehead atoms. The van der Waals surface area contributed by atoms with Crippen molar-refractivity contribution in [1.29, 1.82) is 0 Å². The fraction of sp³-hybridized carbons (Fsp3) is 0.241. The summed E-state index contributed by atoms with van der Waals surface area (Å²) in [7, 11) is 0. The van der Waals surface area contributed by atoms with Crippen LogP contribution < -0.4 is 15.2 Å². The van der Waals surface area contributed by atoms with Crippen LogP contribution in [-0.2, 0) is 11.4 Å². The number of fused-ring (bicyclic) bond motifs is 1. The van der Waals surface area contributed by atoms with Crippen LogP contribution >= 0.6 is 0 Å². The number of anilines is 1. The highest BCUT2D eigenvalue weighted by molar-refractivity contribution is 5.90. The van der Waals surface area contributed by atoms with Crippen LogP contribution in [0.15, 0.2) is 67.5 Å². The summed E-state index contributed by atoms with van der Waals surface area (Å²) >= 11 is 0. The summed E-state index contributed by atoms with van der Waals surface area (Å²) in [6.07, 6.45) is 4.33. The molecule has 5 rings (SSSR count). The molecule has 2 N–H and O–H groups in total. The van der Waals surface area contributed by atoms with Crippen LogP contribution in [0.3, 0.4) is 0 Å². The van der Waals surface area contributed by atoms with Gasteiger partial charge < -0.3 is 20.1 Å². The molecule has 0 unspecified atom stereocenters. The van der Waals surface area contributed by atoms with Crippen LogP contribution in [0.4, 0.5) is 10.2 Å². The molecule has 1 atom stereocenters. The molecule has 9 nitrogen and oxygen atoms in total. The number of carbonyl (C=O) groups is 1. The molecular formula is C29H27FN6O3. The third kappa shape index (κ3) is 5.83. The second-order valence-electron chi connectivity index (χ2n) is 8.99. The van der Waals surface area contributed by atoms with Crippen molar-refractivity contribution >= 4 is 22.8 Å². The zero-order valence-electron chi connectivity index (χ0n) is 21.2. The van der Waals surface area contributed by atoms with Crippen molar-refractivity contribution in [2.75, 3.05) is 25.4 Å². The molecule has 198 valence electrons. The number of likely N-dealkylation sites (tertiary alicyclic amines) is 1. The maximum absolute atomic E-state index is 14.4. The Bertz CT molecular complexity index is 1560. The number of carbonyl (C=O) groups excluding carboxylic acids is 1. The van der Waals surface area contributed by atoms with E-state index in [0.29, 0.717) is 42.2 Å². The van der Waals surface area contributed by atoms with Crippen molar-refractivity contribution in [1.82, 2.24) is 24.6 Å². The third-order valence-electron chi connectivity index (χ3n) is 6.40. The molecule has 2 aromatic heterocycles. The lowest BCUT2D eigenvalue weighted by molar-refractivity contribution is -0.127. The maximum Gasteiger partial charge on any atom is 0.246 e. The Kier molecular flexibility index (Phi) is 7.68. The summed E-state index contributed by atoms with van der Waals surface area (Å²) in [5, 5.41) is 5.20. The molecule has 1 aliphatic rings. The summed E-state index contributed by atoms with van der Waals surface area (Å²) in [5.74, 6) is 5.97. The minimum absolute atomic E-state index is 0.0299. The van der Waals surface area contributed by atoms with Gasteiger partial charge in [0.1, 0.15) is 36.8 Å². The van der Waals surface area contributed by atoms with Gasteiger partial charge in [0.2, 0.25) is 5.91 Å². The second kappa shape index (κ2) is 11.6. The predicted molar refractivity (Wildman–Crippen MR) is 144 cm³/mol. The smallest absolute Gasteiger partial charge is 0.246 e. The molecule has 1 aliphatic heterocycles. The van der Waals surface area contributed by atoms with Gasteiger partial charge in [-0.05, 0) is 42.5 Å². The number of ether oxygens (including phenoxy) is 2. The zero-order chi connectivity index (χ0) is 27.2. The number of nitrogen functional groups attached to an aromatic ring is 1. The largest absolute Gasteiger partial charge is 0.489 e. The highest BCUT2D eigenvalue weighted by atomic mass is 19.1. The number of hydrogen-bond donors (Lipinski definition) is 1. The molecule has 0 spiro atoms. The summed E-state index contributed by atoms with van der Waals surface area (Å²) < 4.78 is 27.5. The second-order valence-corrected chi connectivity index (χ2v) is 8.99. The zero-order valence-corrected chi connectivity index (χ0v) is 21.2. The standard InChI is InChI=1S/C29H27FN6O3/c1-2-26(37)35-14-6-10-21(17-35)36-29-27(28(31)32-19-33-29)24(34-36)11-7-15-38-25-16-22(12-13-23(25)30)39-18-20-8-4-3-5-9-20/h2-5,8-9,12-13,16,19,21H,1,6,10,14-15,17-18H2,(H2,31,32,33)/t21-/m1/s1. The van der Waals surface area contributed by atoms with E-state index >= 15 is 0 Å². The molecule has 1 fully saturated rings. The van der Waals surface area contributed by atoms with E-state index < -0.39 is 5.82 Å². The van der Waals surface area contributed by atoms with Crippen LogP contribution in [0, 0.1) is 17.7 Å². The van der Waals surface area contributed by atoms with Crippen molar-refractivity contribution in [3.8, 4) is 23.3 Å². The normalized spacial score (nSPS) is 14.9. The van der Waals surface area contributed by atoms with Crippen molar-refractivity contribution in [2.24, 2.45) is 0 Å². The number of benzene rings is 2. The number of nitrogens with two attached hydrogens (primary N) is 1. The molecule has 3 heterocycles. The van der Waals surface area contributed by atoms with Crippen LogP contribution in [0.1, 0.15) is 30.1 Å². The van der Waals surface area contributed by atoms with Gasteiger partial charge in [0, 0.05) is 19.2 Å². The summed E-state index contributed by atoms with van der Waals surface area (Å²) in [6, 6.07) is 13.9. The molecule has 39 heavy (non-hydrogen) atoms. The van der Waals surface area contributed by atoms with Gasteiger partial charge in [-0.25, -0.2) is 19.0 Å². The number of nitrogens with zero attached hydrogens (tertiary/aromatic N) is 5. The molecule has 4 aromatic rings. The molecule has 10 heteroatoms. The number of hydrogen-bond acceptors (Lipinski definition) is 7. The Morgan fingerprint density at radius 3 is 2.87 bits per heavy atom. The predicted octanol–water partition coefficient (Wildman–Crippen LogP) is 3.91. The first-order valence-electron chi connectivity index (χ1n) is 12.5. The van der Waals surface area contributed by atoms with Crippen molar-refractivity contribution in [2.45, 2.75) is 25.5 Å². The minimum Gasteiger partial charge on any atom is -0.489 e. The average molecular weight is 527 g/mol. The Morgan fingerprint density at radius 1 is 1.21 bits per heavy atom. The van der Waals surface area contributed by atoms with Gasteiger partial charge in [-0.2, -0.15) is 5.10 Å². The fourth-order valence-corrected chi connectivity index (χ4v) is 4.48. The number of aromatic nitrogens is 4. The van der Waals surface area contributed by atoms with Crippen LogP contribution in [-0.4, -0.2) is 50.3 Å². The molecule has 2 aromatic carbocycles. The quantitative estimate of drug-likeness (QED) is 0.287. The topological polar surface area (TPSA) is 108 Å². The maximum atomic E-state index is 14.4. The van der Waals surface area contributed by atoms with Gasteiger partial charge >= 0.3 is 0 Å². The van der Waals surface area contributed by atoms with E-state index in [2.05, 4.69) is 33.5 Å². The third-order valence-corrected chi connectivity index (χ3v) is 6.40. The first-order chi connectivity index (χ1) is 19.0. The van der Waals surface area contributed by atoms with E-state index in [1.54, 1.807) is 15.6 Å². The minimum atomic E-state index is -0.521. The van der Waals surface area contributed by atoms with E-state index in [0.717, 1.165) is 18.4 Å². The molecule has 0 radical (unpaired) electrons. The summed E-state index contributed by atoms with van der Waals surface area (Å²) in [5.41, 5.74) is 8.08. The average Bonchev–Trinajstić information content (AvgIpc) is 3.35. The lowest BCUT2D eigenvalue weighted by Gasteiger charge is -2.32. The Balaban J connectivity index is 1.31. The number of rotatable bonds is 7. The fourth-order valence-electron chi connectivity index (χ4n) is 4.48. The van der Waals surface area contributed by atoms with Crippen LogP contribution in [0.2, 0.25) is 0 Å². The van der Waals surface area contributed by atoms with Gasteiger partial charge in [0.15, 0.2) is 17.2 Å². The number of halogens is 1. The van der Waals surface area contributed by atoms with Crippen LogP contribution in [0.5, 0.6) is 11.5 Å². The van der Waals surface area contributed by atoms with Crippen molar-refractivity contribution < 1.29 is 18.7 Å². The van der Waals surface area contributed by atoms with Gasteiger partial charge in [-0.3, -0.25) is 4.79 Å². The first kappa shape index (κ1) is 25.7. The van der Waals surface area contributed by atoms with E-state index in [9.17, 15) is 9.18 Å². The molecule has 0 saturated carbocycles. The van der Waals surface area contributed by atoms with Gasteiger partial charge in [-0.1, -0.05) is 42.8 Å². The monoisotopic (exact) mass is 526 g/mol. The number of amides is 1. The molecule has 1 amide bonds. The van der Waals surface area contributed by atoms with Gasteiger partial charge in [0.05, 0.1) is 11.4 Å². The van der Waals surface area contributed by atoms with Gasteiger partial charge in [-0.15, -0.1) is 0 Å². The van der Waals surface area contributed by atoms with E-state index in [1.165, 1.54) is 24.5 Å². The molecular weight excluding hydrogens is 499 g/mol. The molecule has 0 aliphatic carbocycles. The SMILES string of the molecule is C=CC(=O)N1CCC[C@@H](n2nc(C#CCOc3cc(OCc4ccccc4)ccc3F)c3c(N)ncnc32)C1. The van der Waals surface area contributed by atoms with Crippen LogP contribution in [0.25, 0.3) is 11.0 Å². The highest BCUT2D eigenvalue weighted by Crippen LogP contribution is 2.28. The van der Waals surface area contributed by atoms with Gasteiger partial charge in [0.25, 0.3) is 0 Å². The van der Waals surface area contributed by atoms with E-state index in [-0.39, 0.29) is 30.1 Å². The summed E-state index contributed by atoms with van der Waals surface area (Å²) in [6.45, 7) is 4.98. The van der Waals surface area contributed by atoms with E-state index in [1.807, 2.05) is 30.3 Å². The Morgan fingerprint density at radius 2 is 2.05 bits per heavy atom. The Hall–Kier alpha value is -4.91. The highest BCUT2D eigenvalue weighted by Gasteiger charge is 2.27. The number of piperidine rings is 1. The van der Waals surface area contributed by atoms with E-state index in [4.69, 9.17) is 15.2 Å².